The fraction of sp³-hybridized carbons (Fsp3) is 0.533. The number of benzene rings is 1. The van der Waals surface area contributed by atoms with Gasteiger partial charge in [0.05, 0.1) is 6.10 Å². The van der Waals surface area contributed by atoms with Gasteiger partial charge < -0.3 is 20.5 Å². The van der Waals surface area contributed by atoms with Crippen LogP contribution in [0.3, 0.4) is 0 Å². The standard InChI is InChI=1S/C15H22N2O3.ClH/c1-11(16)8-15(18)17-12-4-2-5-13(9-12)20-10-14-6-3-7-19-14;/h2,4-5,9,11,14H,3,6-8,10,16H2,1H3,(H,17,18);1H. The molecular formula is C15H23ClN2O3. The maximum atomic E-state index is 11.6. The zero-order chi connectivity index (χ0) is 14.4. The average Bonchev–Trinajstić information content (AvgIpc) is 2.88. The van der Waals surface area contributed by atoms with Gasteiger partial charge in [0.2, 0.25) is 5.91 Å². The van der Waals surface area contributed by atoms with Crippen molar-refractivity contribution in [3.63, 3.8) is 0 Å². The molecule has 0 aliphatic carbocycles. The maximum Gasteiger partial charge on any atom is 0.225 e. The molecule has 21 heavy (non-hydrogen) atoms. The van der Waals surface area contributed by atoms with E-state index in [4.69, 9.17) is 15.2 Å². The minimum absolute atomic E-state index is 0. The molecule has 0 aromatic heterocycles. The first-order valence-corrected chi connectivity index (χ1v) is 7.03. The van der Waals surface area contributed by atoms with E-state index >= 15 is 0 Å². The van der Waals surface area contributed by atoms with Crippen LogP contribution in [0.2, 0.25) is 0 Å². The summed E-state index contributed by atoms with van der Waals surface area (Å²) < 4.78 is 11.2. The second-order valence-electron chi connectivity index (χ2n) is 5.20. The predicted molar refractivity (Wildman–Crippen MR) is 85.1 cm³/mol. The van der Waals surface area contributed by atoms with E-state index in [-0.39, 0.29) is 30.5 Å². The Labute approximate surface area is 131 Å². The van der Waals surface area contributed by atoms with E-state index < -0.39 is 0 Å². The van der Waals surface area contributed by atoms with Crippen molar-refractivity contribution >= 4 is 24.0 Å². The van der Waals surface area contributed by atoms with Crippen molar-refractivity contribution in [3.05, 3.63) is 24.3 Å². The molecule has 5 nitrogen and oxygen atoms in total. The molecule has 118 valence electrons. The number of carbonyl (C=O) groups excluding carboxylic acids is 1. The van der Waals surface area contributed by atoms with Gasteiger partial charge in [0.1, 0.15) is 12.4 Å². The normalized spacial score (nSPS) is 18.7. The lowest BCUT2D eigenvalue weighted by atomic mass is 10.2. The third kappa shape index (κ3) is 6.33. The molecule has 6 heteroatoms. The summed E-state index contributed by atoms with van der Waals surface area (Å²) in [6, 6.07) is 7.23. The molecule has 1 aliphatic heterocycles. The molecule has 3 N–H and O–H groups in total. The van der Waals surface area contributed by atoms with Crippen LogP contribution in [0.1, 0.15) is 26.2 Å². The number of nitrogens with two attached hydrogens (primary N) is 1. The summed E-state index contributed by atoms with van der Waals surface area (Å²) in [7, 11) is 0. The number of carbonyl (C=O) groups is 1. The molecule has 1 fully saturated rings. The lowest BCUT2D eigenvalue weighted by Gasteiger charge is -2.13. The molecule has 1 aliphatic rings. The number of rotatable bonds is 6. The fourth-order valence-electron chi connectivity index (χ4n) is 2.13. The largest absolute Gasteiger partial charge is 0.491 e. The number of anilines is 1. The van der Waals surface area contributed by atoms with E-state index in [1.165, 1.54) is 0 Å². The van der Waals surface area contributed by atoms with Gasteiger partial charge in [-0.1, -0.05) is 6.07 Å². The highest BCUT2D eigenvalue weighted by atomic mass is 35.5. The molecule has 0 saturated carbocycles. The van der Waals surface area contributed by atoms with E-state index in [1.807, 2.05) is 24.3 Å². The second-order valence-corrected chi connectivity index (χ2v) is 5.20. The molecule has 0 radical (unpaired) electrons. The van der Waals surface area contributed by atoms with Gasteiger partial charge in [-0.2, -0.15) is 0 Å². The SMILES string of the molecule is CC(N)CC(=O)Nc1cccc(OCC2CCCO2)c1.Cl. The van der Waals surface area contributed by atoms with E-state index in [0.29, 0.717) is 13.0 Å². The zero-order valence-corrected chi connectivity index (χ0v) is 13.0. The summed E-state index contributed by atoms with van der Waals surface area (Å²) in [5.74, 6) is 0.648. The highest BCUT2D eigenvalue weighted by Crippen LogP contribution is 2.19. The van der Waals surface area contributed by atoms with Crippen LogP contribution in [0.4, 0.5) is 5.69 Å². The molecule has 1 heterocycles. The summed E-state index contributed by atoms with van der Waals surface area (Å²) in [4.78, 5) is 11.6. The van der Waals surface area contributed by atoms with Gasteiger partial charge in [0, 0.05) is 30.8 Å². The maximum absolute atomic E-state index is 11.6. The Kier molecular flexibility index (Phi) is 7.50. The summed E-state index contributed by atoms with van der Waals surface area (Å²) in [5.41, 5.74) is 6.32. The minimum Gasteiger partial charge on any atom is -0.491 e. The van der Waals surface area contributed by atoms with Gasteiger partial charge in [-0.3, -0.25) is 4.79 Å². The van der Waals surface area contributed by atoms with Crippen LogP contribution in [-0.2, 0) is 9.53 Å². The number of hydrogen-bond acceptors (Lipinski definition) is 4. The highest BCUT2D eigenvalue weighted by molar-refractivity contribution is 5.91. The quantitative estimate of drug-likeness (QED) is 0.845. The summed E-state index contributed by atoms with van der Waals surface area (Å²) in [6.07, 6.45) is 2.64. The number of amides is 1. The topological polar surface area (TPSA) is 73.6 Å². The summed E-state index contributed by atoms with van der Waals surface area (Å²) >= 11 is 0. The predicted octanol–water partition coefficient (Wildman–Crippen LogP) is 2.34. The van der Waals surface area contributed by atoms with Crippen molar-refractivity contribution < 1.29 is 14.3 Å². The molecular weight excluding hydrogens is 292 g/mol. The van der Waals surface area contributed by atoms with Crippen molar-refractivity contribution in [2.45, 2.75) is 38.3 Å². The second kappa shape index (κ2) is 8.87. The van der Waals surface area contributed by atoms with Gasteiger partial charge in [-0.15, -0.1) is 12.4 Å². The molecule has 1 aromatic carbocycles. The minimum atomic E-state index is -0.144. The molecule has 1 aromatic rings. The van der Waals surface area contributed by atoms with Crippen LogP contribution >= 0.6 is 12.4 Å². The number of hydrogen-bond donors (Lipinski definition) is 2. The van der Waals surface area contributed by atoms with E-state index in [1.54, 1.807) is 6.92 Å². The average molecular weight is 315 g/mol. The first kappa shape index (κ1) is 17.8. The van der Waals surface area contributed by atoms with Crippen LogP contribution < -0.4 is 15.8 Å². The Morgan fingerprint density at radius 2 is 2.38 bits per heavy atom. The smallest absolute Gasteiger partial charge is 0.225 e. The zero-order valence-electron chi connectivity index (χ0n) is 12.2. The van der Waals surface area contributed by atoms with Gasteiger partial charge in [-0.25, -0.2) is 0 Å². The van der Waals surface area contributed by atoms with Crippen molar-refractivity contribution in [2.75, 3.05) is 18.5 Å². The van der Waals surface area contributed by atoms with Crippen molar-refractivity contribution in [1.29, 1.82) is 0 Å². The van der Waals surface area contributed by atoms with Crippen LogP contribution in [0, 0.1) is 0 Å². The Morgan fingerprint density at radius 3 is 3.05 bits per heavy atom. The Morgan fingerprint density at radius 1 is 1.57 bits per heavy atom. The van der Waals surface area contributed by atoms with Crippen molar-refractivity contribution in [3.8, 4) is 5.75 Å². The lowest BCUT2D eigenvalue weighted by molar-refractivity contribution is -0.116. The monoisotopic (exact) mass is 314 g/mol. The van der Waals surface area contributed by atoms with Crippen LogP contribution in [0.5, 0.6) is 5.75 Å². The summed E-state index contributed by atoms with van der Waals surface area (Å²) in [6.45, 7) is 3.18. The molecule has 0 bridgehead atoms. The summed E-state index contributed by atoms with van der Waals surface area (Å²) in [5, 5.41) is 2.81. The third-order valence-corrected chi connectivity index (χ3v) is 3.09. The first-order valence-electron chi connectivity index (χ1n) is 7.03. The molecule has 2 atom stereocenters. The number of nitrogens with one attached hydrogen (secondary N) is 1. The first-order chi connectivity index (χ1) is 9.63. The molecule has 0 spiro atoms. The third-order valence-electron chi connectivity index (χ3n) is 3.09. The number of halogens is 1. The van der Waals surface area contributed by atoms with Gasteiger partial charge in [0.25, 0.3) is 0 Å². The van der Waals surface area contributed by atoms with Gasteiger partial charge in [-0.05, 0) is 31.9 Å². The van der Waals surface area contributed by atoms with E-state index in [2.05, 4.69) is 5.32 Å². The fourth-order valence-corrected chi connectivity index (χ4v) is 2.13. The van der Waals surface area contributed by atoms with Crippen LogP contribution in [0.25, 0.3) is 0 Å². The van der Waals surface area contributed by atoms with Crippen LogP contribution in [-0.4, -0.2) is 31.3 Å². The van der Waals surface area contributed by atoms with Crippen LogP contribution in [0.15, 0.2) is 24.3 Å². The number of ether oxygens (including phenoxy) is 2. The Hall–Kier alpha value is -1.30. The molecule has 2 unspecified atom stereocenters. The van der Waals surface area contributed by atoms with E-state index in [0.717, 1.165) is 30.9 Å². The van der Waals surface area contributed by atoms with Gasteiger partial charge >= 0.3 is 0 Å². The molecule has 1 saturated heterocycles. The Bertz CT molecular complexity index is 448. The highest BCUT2D eigenvalue weighted by Gasteiger charge is 2.16. The molecule has 2 rings (SSSR count). The Balaban J connectivity index is 0.00000220. The van der Waals surface area contributed by atoms with Crippen molar-refractivity contribution in [2.24, 2.45) is 5.73 Å². The van der Waals surface area contributed by atoms with E-state index in [9.17, 15) is 4.79 Å². The molecule has 1 amide bonds. The lowest BCUT2D eigenvalue weighted by Crippen LogP contribution is -2.24. The van der Waals surface area contributed by atoms with Crippen molar-refractivity contribution in [1.82, 2.24) is 0 Å². The van der Waals surface area contributed by atoms with Gasteiger partial charge in [0.15, 0.2) is 0 Å².